The molecule has 0 unspecified atom stereocenters. The van der Waals surface area contributed by atoms with Gasteiger partial charge in [-0.05, 0) is 36.8 Å². The molecular formula is C17H22F3N3O2. The van der Waals surface area contributed by atoms with E-state index in [9.17, 15) is 18.0 Å². The number of ether oxygens (including phenoxy) is 1. The molecule has 1 aromatic heterocycles. The summed E-state index contributed by atoms with van der Waals surface area (Å²) in [6.07, 6.45) is -0.770. The monoisotopic (exact) mass is 357 g/mol. The number of carbonyl (C=O) groups is 1. The average molecular weight is 357 g/mol. The Hall–Kier alpha value is -1.83. The van der Waals surface area contributed by atoms with Crippen LogP contribution in [0.3, 0.4) is 0 Å². The third kappa shape index (κ3) is 4.42. The highest BCUT2D eigenvalue weighted by atomic mass is 19.4. The molecule has 5 nitrogen and oxygen atoms in total. The van der Waals surface area contributed by atoms with Gasteiger partial charge in [0, 0.05) is 39.0 Å². The molecule has 0 spiro atoms. The van der Waals surface area contributed by atoms with Crippen molar-refractivity contribution in [3.8, 4) is 0 Å². The number of alkyl halides is 3. The summed E-state index contributed by atoms with van der Waals surface area (Å²) in [5.41, 5.74) is -0.0597. The third-order valence-electron chi connectivity index (χ3n) is 4.81. The maximum atomic E-state index is 12.6. The molecule has 8 heteroatoms. The van der Waals surface area contributed by atoms with Crippen molar-refractivity contribution in [1.82, 2.24) is 14.8 Å². The summed E-state index contributed by atoms with van der Waals surface area (Å²) in [5.74, 6) is 0.145. The molecule has 2 aliphatic rings. The first kappa shape index (κ1) is 18.0. The highest BCUT2D eigenvalue weighted by Gasteiger charge is 2.33. The van der Waals surface area contributed by atoms with Crippen molar-refractivity contribution >= 4 is 6.03 Å². The van der Waals surface area contributed by atoms with Crippen LogP contribution in [0.25, 0.3) is 0 Å². The predicted octanol–water partition coefficient (Wildman–Crippen LogP) is 3.12. The number of amides is 2. The lowest BCUT2D eigenvalue weighted by molar-refractivity contribution is -0.141. The molecule has 0 saturated carbocycles. The normalized spacial score (nSPS) is 20.4. The number of nitrogens with zero attached hydrogens (tertiary/aromatic N) is 3. The van der Waals surface area contributed by atoms with Gasteiger partial charge in [0.15, 0.2) is 0 Å². The van der Waals surface area contributed by atoms with E-state index in [0.29, 0.717) is 39.4 Å². The van der Waals surface area contributed by atoms with E-state index in [1.54, 1.807) is 0 Å². The molecule has 138 valence electrons. The van der Waals surface area contributed by atoms with Gasteiger partial charge in [0.25, 0.3) is 0 Å². The number of pyridine rings is 1. The standard InChI is InChI=1S/C17H22F3N3O2/c18-17(19,20)15-3-2-14(12-21-15)13-4-7-23(8-5-13)16(24)22-6-1-10-25-11-9-22/h2-3,12-13H,1,4-11H2. The topological polar surface area (TPSA) is 45.7 Å². The molecule has 0 radical (unpaired) electrons. The van der Waals surface area contributed by atoms with Gasteiger partial charge >= 0.3 is 12.2 Å². The van der Waals surface area contributed by atoms with Gasteiger partial charge in [-0.15, -0.1) is 0 Å². The molecule has 0 aliphatic carbocycles. The molecule has 0 aromatic carbocycles. The molecule has 25 heavy (non-hydrogen) atoms. The van der Waals surface area contributed by atoms with Crippen LogP contribution in [0.4, 0.5) is 18.0 Å². The molecule has 2 fully saturated rings. The lowest BCUT2D eigenvalue weighted by atomic mass is 9.90. The molecule has 2 aliphatic heterocycles. The first-order valence-corrected chi connectivity index (χ1v) is 8.60. The molecule has 3 heterocycles. The predicted molar refractivity (Wildman–Crippen MR) is 85.2 cm³/mol. The van der Waals surface area contributed by atoms with Gasteiger partial charge in [0.1, 0.15) is 5.69 Å². The Bertz CT molecular complexity index is 576. The van der Waals surface area contributed by atoms with Crippen molar-refractivity contribution in [3.63, 3.8) is 0 Å². The Kier molecular flexibility index (Phi) is 5.46. The van der Waals surface area contributed by atoms with E-state index in [1.807, 2.05) is 9.80 Å². The van der Waals surface area contributed by atoms with Gasteiger partial charge in [-0.1, -0.05) is 6.07 Å². The van der Waals surface area contributed by atoms with Crippen LogP contribution in [0.15, 0.2) is 18.3 Å². The summed E-state index contributed by atoms with van der Waals surface area (Å²) >= 11 is 0. The summed E-state index contributed by atoms with van der Waals surface area (Å²) in [6.45, 7) is 3.80. The van der Waals surface area contributed by atoms with E-state index in [-0.39, 0.29) is 11.9 Å². The number of piperidine rings is 1. The van der Waals surface area contributed by atoms with Crippen molar-refractivity contribution in [2.75, 3.05) is 39.4 Å². The average Bonchev–Trinajstić information content (AvgIpc) is 2.90. The second kappa shape index (κ2) is 7.59. The zero-order valence-corrected chi connectivity index (χ0v) is 14.0. The first-order chi connectivity index (χ1) is 11.9. The van der Waals surface area contributed by atoms with Gasteiger partial charge in [-0.2, -0.15) is 13.2 Å². The summed E-state index contributed by atoms with van der Waals surface area (Å²) in [5, 5.41) is 0. The van der Waals surface area contributed by atoms with Crippen molar-refractivity contribution in [1.29, 1.82) is 0 Å². The fourth-order valence-corrected chi connectivity index (χ4v) is 3.36. The molecule has 0 N–H and O–H groups in total. The van der Waals surface area contributed by atoms with E-state index in [4.69, 9.17) is 4.74 Å². The van der Waals surface area contributed by atoms with Crippen LogP contribution in [0.5, 0.6) is 0 Å². The Morgan fingerprint density at radius 1 is 1.08 bits per heavy atom. The Labute approximate surface area is 144 Å². The van der Waals surface area contributed by atoms with Gasteiger partial charge in [-0.25, -0.2) is 4.79 Å². The van der Waals surface area contributed by atoms with Crippen LogP contribution in [-0.4, -0.2) is 60.2 Å². The molecule has 3 rings (SSSR count). The van der Waals surface area contributed by atoms with E-state index in [1.165, 1.54) is 12.3 Å². The fraction of sp³-hybridized carbons (Fsp3) is 0.647. The fourth-order valence-electron chi connectivity index (χ4n) is 3.36. The van der Waals surface area contributed by atoms with Crippen LogP contribution in [0.1, 0.15) is 36.4 Å². The van der Waals surface area contributed by atoms with Crippen molar-refractivity contribution < 1.29 is 22.7 Å². The lowest BCUT2D eigenvalue weighted by Gasteiger charge is -2.35. The molecule has 2 amide bonds. The molecule has 0 bridgehead atoms. The van der Waals surface area contributed by atoms with Gasteiger partial charge < -0.3 is 14.5 Å². The number of hydrogen-bond donors (Lipinski definition) is 0. The number of aromatic nitrogens is 1. The smallest absolute Gasteiger partial charge is 0.380 e. The quantitative estimate of drug-likeness (QED) is 0.776. The molecule has 2 saturated heterocycles. The van der Waals surface area contributed by atoms with Crippen LogP contribution >= 0.6 is 0 Å². The van der Waals surface area contributed by atoms with E-state index < -0.39 is 11.9 Å². The number of halogens is 3. The Balaban J connectivity index is 1.55. The minimum absolute atomic E-state index is 0.0366. The van der Waals surface area contributed by atoms with Gasteiger partial charge in [0.2, 0.25) is 0 Å². The number of urea groups is 1. The number of rotatable bonds is 1. The number of hydrogen-bond acceptors (Lipinski definition) is 3. The number of likely N-dealkylation sites (tertiary alicyclic amines) is 1. The minimum atomic E-state index is -4.41. The molecule has 0 atom stereocenters. The van der Waals surface area contributed by atoms with E-state index in [2.05, 4.69) is 4.98 Å². The first-order valence-electron chi connectivity index (χ1n) is 8.60. The zero-order valence-electron chi connectivity index (χ0n) is 14.0. The van der Waals surface area contributed by atoms with Crippen molar-refractivity contribution in [2.45, 2.75) is 31.4 Å². The van der Waals surface area contributed by atoms with Crippen molar-refractivity contribution in [2.24, 2.45) is 0 Å². The summed E-state index contributed by atoms with van der Waals surface area (Å²) < 4.78 is 43.1. The minimum Gasteiger partial charge on any atom is -0.380 e. The largest absolute Gasteiger partial charge is 0.433 e. The third-order valence-corrected chi connectivity index (χ3v) is 4.81. The second-order valence-electron chi connectivity index (χ2n) is 6.47. The van der Waals surface area contributed by atoms with E-state index in [0.717, 1.165) is 30.9 Å². The summed E-state index contributed by atoms with van der Waals surface area (Å²) in [7, 11) is 0. The maximum absolute atomic E-state index is 12.6. The van der Waals surface area contributed by atoms with Crippen LogP contribution < -0.4 is 0 Å². The van der Waals surface area contributed by atoms with Gasteiger partial charge in [-0.3, -0.25) is 4.98 Å². The SMILES string of the molecule is O=C(N1CCCOCC1)N1CCC(c2ccc(C(F)(F)F)nc2)CC1. The summed E-state index contributed by atoms with van der Waals surface area (Å²) in [6, 6.07) is 2.57. The van der Waals surface area contributed by atoms with Crippen LogP contribution in [-0.2, 0) is 10.9 Å². The van der Waals surface area contributed by atoms with Crippen LogP contribution in [0.2, 0.25) is 0 Å². The van der Waals surface area contributed by atoms with Crippen molar-refractivity contribution in [3.05, 3.63) is 29.6 Å². The highest BCUT2D eigenvalue weighted by Crippen LogP contribution is 2.31. The molecular weight excluding hydrogens is 335 g/mol. The summed E-state index contributed by atoms with van der Waals surface area (Å²) in [4.78, 5) is 19.8. The Morgan fingerprint density at radius 3 is 2.44 bits per heavy atom. The maximum Gasteiger partial charge on any atom is 0.433 e. The van der Waals surface area contributed by atoms with E-state index >= 15 is 0 Å². The highest BCUT2D eigenvalue weighted by molar-refractivity contribution is 5.74. The second-order valence-corrected chi connectivity index (χ2v) is 6.47. The van der Waals surface area contributed by atoms with Gasteiger partial charge in [0.05, 0.1) is 6.61 Å². The van der Waals surface area contributed by atoms with Crippen LogP contribution in [0, 0.1) is 0 Å². The molecule has 1 aromatic rings. The Morgan fingerprint density at radius 2 is 1.80 bits per heavy atom. The lowest BCUT2D eigenvalue weighted by Crippen LogP contribution is -2.47. The zero-order chi connectivity index (χ0) is 17.9. The number of carbonyl (C=O) groups excluding carboxylic acids is 1.